The third-order valence-electron chi connectivity index (χ3n) is 4.33. The maximum atomic E-state index is 4.65. The Hall–Kier alpha value is -2.23. The third-order valence-corrected chi connectivity index (χ3v) is 4.33. The van der Waals surface area contributed by atoms with Gasteiger partial charge < -0.3 is 4.57 Å². The van der Waals surface area contributed by atoms with Crippen LogP contribution in [0.2, 0.25) is 0 Å². The van der Waals surface area contributed by atoms with Gasteiger partial charge in [-0.3, -0.25) is 4.98 Å². The van der Waals surface area contributed by atoms with E-state index in [1.54, 1.807) is 6.33 Å². The number of aromatic nitrogens is 4. The lowest BCUT2D eigenvalue weighted by Gasteiger charge is -2.13. The van der Waals surface area contributed by atoms with Crippen molar-refractivity contribution in [2.75, 3.05) is 0 Å². The summed E-state index contributed by atoms with van der Waals surface area (Å²) in [6.45, 7) is 9.66. The zero-order valence-electron chi connectivity index (χ0n) is 14.4. The molecule has 0 fully saturated rings. The Labute approximate surface area is 137 Å². The van der Waals surface area contributed by atoms with Crippen LogP contribution in [-0.2, 0) is 13.0 Å². The molecule has 3 rings (SSSR count). The van der Waals surface area contributed by atoms with Crippen LogP contribution in [0.3, 0.4) is 0 Å². The first-order valence-electron chi connectivity index (χ1n) is 8.35. The van der Waals surface area contributed by atoms with Gasteiger partial charge in [0.2, 0.25) is 0 Å². The van der Waals surface area contributed by atoms with E-state index in [1.165, 1.54) is 16.5 Å². The lowest BCUT2D eigenvalue weighted by atomic mass is 9.98. The molecule has 0 saturated heterocycles. The monoisotopic (exact) mass is 308 g/mol. The van der Waals surface area contributed by atoms with E-state index in [2.05, 4.69) is 65.5 Å². The van der Waals surface area contributed by atoms with E-state index in [1.807, 2.05) is 6.20 Å². The Kier molecular flexibility index (Phi) is 4.42. The van der Waals surface area contributed by atoms with Crippen LogP contribution in [0.15, 0.2) is 30.9 Å². The van der Waals surface area contributed by atoms with Gasteiger partial charge >= 0.3 is 0 Å². The average molecular weight is 308 g/mol. The van der Waals surface area contributed by atoms with Gasteiger partial charge in [-0.15, -0.1) is 0 Å². The van der Waals surface area contributed by atoms with Crippen LogP contribution >= 0.6 is 0 Å². The first kappa shape index (κ1) is 15.7. The molecule has 4 nitrogen and oxygen atoms in total. The topological polar surface area (TPSA) is 43.6 Å². The molecule has 23 heavy (non-hydrogen) atoms. The second-order valence-corrected chi connectivity index (χ2v) is 6.35. The lowest BCUT2D eigenvalue weighted by molar-refractivity contribution is 0.703. The van der Waals surface area contributed by atoms with Crippen molar-refractivity contribution in [3.8, 4) is 0 Å². The third kappa shape index (κ3) is 2.98. The molecule has 120 valence electrons. The van der Waals surface area contributed by atoms with Crippen LogP contribution in [0.5, 0.6) is 0 Å². The second-order valence-electron chi connectivity index (χ2n) is 6.35. The smallest absolute Gasteiger partial charge is 0.115 e. The zero-order chi connectivity index (χ0) is 16.4. The summed E-state index contributed by atoms with van der Waals surface area (Å²) < 4.78 is 2.30. The Bertz CT molecular complexity index is 817. The fourth-order valence-corrected chi connectivity index (χ4v) is 3.16. The lowest BCUT2D eigenvalue weighted by Crippen LogP contribution is -2.06. The van der Waals surface area contributed by atoms with Gasteiger partial charge in [0.15, 0.2) is 0 Å². The van der Waals surface area contributed by atoms with Crippen molar-refractivity contribution in [1.29, 1.82) is 0 Å². The minimum atomic E-state index is 0.385. The van der Waals surface area contributed by atoms with Gasteiger partial charge in [0.1, 0.15) is 6.33 Å². The Morgan fingerprint density at radius 1 is 1.13 bits per heavy atom. The molecule has 0 aromatic carbocycles. The summed E-state index contributed by atoms with van der Waals surface area (Å²) >= 11 is 0. The molecule has 0 atom stereocenters. The van der Waals surface area contributed by atoms with Crippen molar-refractivity contribution in [3.05, 3.63) is 53.5 Å². The molecule has 4 heteroatoms. The minimum absolute atomic E-state index is 0.385. The summed E-state index contributed by atoms with van der Waals surface area (Å²) in [5.74, 6) is 0.385. The molecule has 0 radical (unpaired) electrons. The molecule has 0 amide bonds. The van der Waals surface area contributed by atoms with Crippen LogP contribution < -0.4 is 0 Å². The van der Waals surface area contributed by atoms with E-state index in [-0.39, 0.29) is 0 Å². The van der Waals surface area contributed by atoms with Crippen molar-refractivity contribution >= 4 is 10.9 Å². The predicted molar refractivity (Wildman–Crippen MR) is 93.7 cm³/mol. The van der Waals surface area contributed by atoms with Gasteiger partial charge in [0.05, 0.1) is 16.9 Å². The van der Waals surface area contributed by atoms with Crippen molar-refractivity contribution in [3.63, 3.8) is 0 Å². The summed E-state index contributed by atoms with van der Waals surface area (Å²) in [5, 5.41) is 1.24. The molecule has 0 spiro atoms. The van der Waals surface area contributed by atoms with Crippen LogP contribution in [0.1, 0.15) is 55.8 Å². The Balaban J connectivity index is 2.06. The quantitative estimate of drug-likeness (QED) is 0.707. The van der Waals surface area contributed by atoms with Gasteiger partial charge in [-0.1, -0.05) is 20.8 Å². The number of rotatable bonds is 5. The fourth-order valence-electron chi connectivity index (χ4n) is 3.16. The van der Waals surface area contributed by atoms with Crippen molar-refractivity contribution in [2.24, 2.45) is 0 Å². The number of hydrogen-bond donors (Lipinski definition) is 0. The molecule has 0 unspecified atom stereocenters. The number of pyridine rings is 1. The van der Waals surface area contributed by atoms with Crippen molar-refractivity contribution in [1.82, 2.24) is 19.5 Å². The van der Waals surface area contributed by atoms with Crippen LogP contribution in [0, 0.1) is 6.92 Å². The molecule has 0 aliphatic heterocycles. The highest BCUT2D eigenvalue weighted by molar-refractivity contribution is 5.82. The molecule has 3 heterocycles. The van der Waals surface area contributed by atoms with Crippen LogP contribution in [-0.4, -0.2) is 19.5 Å². The molecule has 3 aromatic rings. The van der Waals surface area contributed by atoms with Gasteiger partial charge in [0, 0.05) is 42.0 Å². The SMILES string of the molecule is CCCn1ccc2c(Cc3c(C)ncnc3C(C)C)nccc21. The first-order valence-corrected chi connectivity index (χ1v) is 8.35. The molecule has 3 aromatic heterocycles. The van der Waals surface area contributed by atoms with Gasteiger partial charge in [-0.25, -0.2) is 9.97 Å². The predicted octanol–water partition coefficient (Wildman–Crippen LogP) is 4.26. The Morgan fingerprint density at radius 2 is 1.96 bits per heavy atom. The molecular weight excluding hydrogens is 284 g/mol. The van der Waals surface area contributed by atoms with Crippen molar-refractivity contribution in [2.45, 2.75) is 53.0 Å². The van der Waals surface area contributed by atoms with E-state index in [9.17, 15) is 0 Å². The van der Waals surface area contributed by atoms with Crippen molar-refractivity contribution < 1.29 is 0 Å². The molecule has 0 N–H and O–H groups in total. The van der Waals surface area contributed by atoms with Gasteiger partial charge in [0.25, 0.3) is 0 Å². The minimum Gasteiger partial charge on any atom is -0.347 e. The molecule has 0 aliphatic carbocycles. The zero-order valence-corrected chi connectivity index (χ0v) is 14.4. The van der Waals surface area contributed by atoms with Crippen LogP contribution in [0.25, 0.3) is 10.9 Å². The standard InChI is InChI=1S/C19H24N4/c1-5-9-23-10-7-15-17(20-8-6-18(15)23)11-16-14(4)21-12-22-19(16)13(2)3/h6-8,10,12-13H,5,9,11H2,1-4H3. The van der Waals surface area contributed by atoms with E-state index >= 15 is 0 Å². The highest BCUT2D eigenvalue weighted by atomic mass is 15.0. The average Bonchev–Trinajstić information content (AvgIpc) is 2.94. The fraction of sp³-hybridized carbons (Fsp3) is 0.421. The largest absolute Gasteiger partial charge is 0.347 e. The summed E-state index contributed by atoms with van der Waals surface area (Å²) in [4.78, 5) is 13.5. The highest BCUT2D eigenvalue weighted by Crippen LogP contribution is 2.25. The molecular formula is C19H24N4. The van der Waals surface area contributed by atoms with E-state index < -0.39 is 0 Å². The van der Waals surface area contributed by atoms with Gasteiger partial charge in [-0.2, -0.15) is 0 Å². The molecule has 0 aliphatic rings. The maximum Gasteiger partial charge on any atom is 0.115 e. The van der Waals surface area contributed by atoms with E-state index in [0.29, 0.717) is 5.92 Å². The highest BCUT2D eigenvalue weighted by Gasteiger charge is 2.15. The van der Waals surface area contributed by atoms with Gasteiger partial charge in [-0.05, 0) is 31.4 Å². The number of aryl methyl sites for hydroxylation is 2. The Morgan fingerprint density at radius 3 is 2.70 bits per heavy atom. The second kappa shape index (κ2) is 6.49. The summed E-state index contributed by atoms with van der Waals surface area (Å²) in [6.07, 6.45) is 7.66. The first-order chi connectivity index (χ1) is 11.1. The summed E-state index contributed by atoms with van der Waals surface area (Å²) in [7, 11) is 0. The number of fused-ring (bicyclic) bond motifs is 1. The summed E-state index contributed by atoms with van der Waals surface area (Å²) in [5.41, 5.74) is 5.76. The number of nitrogens with zero attached hydrogens (tertiary/aromatic N) is 4. The van der Waals surface area contributed by atoms with E-state index in [0.717, 1.165) is 36.5 Å². The van der Waals surface area contributed by atoms with Crippen LogP contribution in [0.4, 0.5) is 0 Å². The molecule has 0 saturated carbocycles. The maximum absolute atomic E-state index is 4.65. The van der Waals surface area contributed by atoms with E-state index in [4.69, 9.17) is 0 Å². The summed E-state index contributed by atoms with van der Waals surface area (Å²) in [6, 6.07) is 4.29. The molecule has 0 bridgehead atoms. The normalized spacial score (nSPS) is 11.5. The number of hydrogen-bond acceptors (Lipinski definition) is 3.